The molecule has 0 aliphatic rings. The second-order valence-corrected chi connectivity index (χ2v) is 13.3. The summed E-state index contributed by atoms with van der Waals surface area (Å²) in [4.78, 5) is 21.8. The van der Waals surface area contributed by atoms with E-state index in [1.165, 1.54) is 44.1 Å². The molecule has 0 spiro atoms. The van der Waals surface area contributed by atoms with Gasteiger partial charge in [-0.3, -0.25) is 9.59 Å². The average molecular weight is 848 g/mol. The number of carbonyl (C=O) groups is 2. The molecule has 0 aliphatic carbocycles. The number of aryl methyl sites for hydroxylation is 1. The lowest BCUT2D eigenvalue weighted by atomic mass is 10.0. The van der Waals surface area contributed by atoms with Crippen LogP contribution in [0.1, 0.15) is 70.3 Å². The second-order valence-electron chi connectivity index (χ2n) is 13.3. The maximum Gasteiger partial charge on any atom is 0.303 e. The number of unbranched alkanes of at least 4 members (excludes halogenated alkanes) is 5. The molecule has 0 atom stereocenters. The fraction of sp³-hybridized carbons (Fsp3) is 0.814. The van der Waals surface area contributed by atoms with Crippen LogP contribution in [-0.2, 0) is 68.1 Å². The fourth-order valence-electron chi connectivity index (χ4n) is 5.09. The molecule has 16 nitrogen and oxygen atoms in total. The molecule has 0 aromatic heterocycles. The Morgan fingerprint density at radius 2 is 0.797 bits per heavy atom. The number of carboxylic acid groups (broad SMARTS) is 1. The molecule has 0 unspecified atom stereocenters. The van der Waals surface area contributed by atoms with Gasteiger partial charge in [0.15, 0.2) is 0 Å². The molecule has 1 aromatic rings. The third kappa shape index (κ3) is 42.0. The summed E-state index contributed by atoms with van der Waals surface area (Å²) in [5, 5.41) is 11.2. The van der Waals surface area contributed by atoms with E-state index in [4.69, 9.17) is 61.9 Å². The fourth-order valence-corrected chi connectivity index (χ4v) is 5.09. The van der Waals surface area contributed by atoms with Crippen LogP contribution in [-0.4, -0.2) is 175 Å². The number of ether oxygens (including phenoxy) is 12. The summed E-state index contributed by atoms with van der Waals surface area (Å²) in [6.07, 6.45) is 9.52. The molecule has 0 radical (unpaired) electrons. The minimum absolute atomic E-state index is 0.0113. The lowest BCUT2D eigenvalue weighted by molar-refractivity contribution is -0.138. The number of benzene rings is 1. The van der Waals surface area contributed by atoms with Crippen molar-refractivity contribution in [2.24, 2.45) is 0 Å². The summed E-state index contributed by atoms with van der Waals surface area (Å²) in [6, 6.07) is 8.41. The number of amides is 1. The Kier molecular flexibility index (Phi) is 41.6. The van der Waals surface area contributed by atoms with Crippen molar-refractivity contribution in [1.29, 1.82) is 0 Å². The van der Waals surface area contributed by atoms with Gasteiger partial charge in [-0.15, -0.1) is 0 Å². The zero-order chi connectivity index (χ0) is 42.4. The van der Waals surface area contributed by atoms with E-state index < -0.39 is 5.97 Å². The van der Waals surface area contributed by atoms with Gasteiger partial charge in [-0.2, -0.15) is 0 Å². The number of nitrogens with one attached hydrogen (secondary N) is 1. The first kappa shape index (κ1) is 54.5. The molecular formula is C43H77NO15. The van der Waals surface area contributed by atoms with E-state index in [-0.39, 0.29) is 18.7 Å². The van der Waals surface area contributed by atoms with Crippen molar-refractivity contribution in [1.82, 2.24) is 5.32 Å². The van der Waals surface area contributed by atoms with Crippen LogP contribution in [0.15, 0.2) is 24.3 Å². The van der Waals surface area contributed by atoms with Gasteiger partial charge in [0.2, 0.25) is 5.91 Å². The summed E-state index contributed by atoms with van der Waals surface area (Å²) in [5.41, 5.74) is 1.37. The third-order valence-electron chi connectivity index (χ3n) is 8.31. The predicted molar refractivity (Wildman–Crippen MR) is 223 cm³/mol. The number of carboxylic acids is 1. The molecule has 344 valence electrons. The highest BCUT2D eigenvalue weighted by Crippen LogP contribution is 2.15. The van der Waals surface area contributed by atoms with Gasteiger partial charge in [-0.1, -0.05) is 51.2 Å². The Hall–Kier alpha value is -2.48. The summed E-state index contributed by atoms with van der Waals surface area (Å²) >= 11 is 0. The summed E-state index contributed by atoms with van der Waals surface area (Å²) in [5.74, 6) is -0.372. The van der Waals surface area contributed by atoms with Crippen LogP contribution in [0.4, 0.5) is 0 Å². The second kappa shape index (κ2) is 45.1. The first-order valence-corrected chi connectivity index (χ1v) is 21.7. The van der Waals surface area contributed by atoms with E-state index in [1.54, 1.807) is 0 Å². The van der Waals surface area contributed by atoms with E-state index in [0.29, 0.717) is 165 Å². The Morgan fingerprint density at radius 1 is 0.441 bits per heavy atom. The molecule has 0 saturated carbocycles. The number of hydrogen-bond donors (Lipinski definition) is 2. The molecule has 0 aliphatic heterocycles. The maximum atomic E-state index is 11.4. The van der Waals surface area contributed by atoms with Gasteiger partial charge in [0.05, 0.1) is 145 Å². The number of aliphatic carboxylic acids is 1. The highest BCUT2D eigenvalue weighted by Gasteiger charge is 2.04. The molecular weight excluding hydrogens is 770 g/mol. The van der Waals surface area contributed by atoms with Gasteiger partial charge in [-0.25, -0.2) is 0 Å². The number of carbonyl (C=O) groups excluding carboxylic acids is 1. The van der Waals surface area contributed by atoms with E-state index in [1.807, 2.05) is 12.1 Å². The SMILES string of the molecule is CCCCCCCCc1ccc(OCCOCCOCCOCCOCCOCCOCCOCCOCCOCCOCCOCCCNC(=O)CCC(=O)O)cc1. The van der Waals surface area contributed by atoms with E-state index in [0.717, 1.165) is 12.2 Å². The van der Waals surface area contributed by atoms with Crippen LogP contribution < -0.4 is 10.1 Å². The first-order chi connectivity index (χ1) is 29.1. The van der Waals surface area contributed by atoms with Gasteiger partial charge >= 0.3 is 5.97 Å². The standard InChI is InChI=1S/C43H77NO15/c1-2-3-4-5-6-7-9-40-10-12-41(13-11-40)59-39-38-58-37-36-57-35-34-56-33-32-55-31-30-54-29-28-53-27-26-52-25-24-51-23-22-50-21-20-49-19-18-48-17-8-16-44-42(45)14-15-43(46)47/h10-13H,2-9,14-39H2,1H3,(H,44,45)(H,46,47). The van der Waals surface area contributed by atoms with E-state index >= 15 is 0 Å². The van der Waals surface area contributed by atoms with Crippen molar-refractivity contribution in [3.63, 3.8) is 0 Å². The molecule has 16 heteroatoms. The molecule has 59 heavy (non-hydrogen) atoms. The minimum atomic E-state index is -0.983. The van der Waals surface area contributed by atoms with Crippen LogP contribution in [0.3, 0.4) is 0 Å². The van der Waals surface area contributed by atoms with Crippen LogP contribution >= 0.6 is 0 Å². The van der Waals surface area contributed by atoms with E-state index in [2.05, 4.69) is 24.4 Å². The van der Waals surface area contributed by atoms with Gasteiger partial charge in [-0.05, 0) is 37.0 Å². The molecule has 1 amide bonds. The van der Waals surface area contributed by atoms with Crippen molar-refractivity contribution >= 4 is 11.9 Å². The Balaban J connectivity index is 1.66. The quantitative estimate of drug-likeness (QED) is 0.0875. The monoisotopic (exact) mass is 848 g/mol. The first-order valence-electron chi connectivity index (χ1n) is 21.7. The minimum Gasteiger partial charge on any atom is -0.491 e. The number of rotatable bonds is 48. The number of hydrogen-bond acceptors (Lipinski definition) is 14. The summed E-state index contributed by atoms with van der Waals surface area (Å²) < 4.78 is 66.3. The maximum absolute atomic E-state index is 11.4. The Morgan fingerprint density at radius 3 is 1.19 bits per heavy atom. The molecule has 0 bridgehead atoms. The topological polar surface area (TPSA) is 177 Å². The average Bonchev–Trinajstić information content (AvgIpc) is 3.24. The van der Waals surface area contributed by atoms with Gasteiger partial charge in [0, 0.05) is 19.6 Å². The largest absolute Gasteiger partial charge is 0.491 e. The van der Waals surface area contributed by atoms with Crippen molar-refractivity contribution < 1.29 is 71.5 Å². The molecule has 0 heterocycles. The van der Waals surface area contributed by atoms with Crippen molar-refractivity contribution in [2.45, 2.75) is 71.1 Å². The Labute approximate surface area is 353 Å². The normalized spacial score (nSPS) is 11.3. The van der Waals surface area contributed by atoms with Crippen LogP contribution in [0.5, 0.6) is 5.75 Å². The van der Waals surface area contributed by atoms with Gasteiger partial charge in [0.1, 0.15) is 12.4 Å². The van der Waals surface area contributed by atoms with Crippen LogP contribution in [0.25, 0.3) is 0 Å². The zero-order valence-corrected chi connectivity index (χ0v) is 36.0. The van der Waals surface area contributed by atoms with Gasteiger partial charge < -0.3 is 67.3 Å². The Bertz CT molecular complexity index is 1040. The molecule has 2 N–H and O–H groups in total. The van der Waals surface area contributed by atoms with Gasteiger partial charge in [0.25, 0.3) is 0 Å². The summed E-state index contributed by atoms with van der Waals surface area (Å²) in [6.45, 7) is 14.0. The summed E-state index contributed by atoms with van der Waals surface area (Å²) in [7, 11) is 0. The molecule has 1 rings (SSSR count). The zero-order valence-electron chi connectivity index (χ0n) is 36.0. The van der Waals surface area contributed by atoms with Crippen molar-refractivity contribution in [3.8, 4) is 5.75 Å². The van der Waals surface area contributed by atoms with Crippen LogP contribution in [0, 0.1) is 0 Å². The van der Waals surface area contributed by atoms with Crippen LogP contribution in [0.2, 0.25) is 0 Å². The van der Waals surface area contributed by atoms with Crippen molar-refractivity contribution in [3.05, 3.63) is 29.8 Å². The highest BCUT2D eigenvalue weighted by molar-refractivity contribution is 5.80. The van der Waals surface area contributed by atoms with E-state index in [9.17, 15) is 9.59 Å². The highest BCUT2D eigenvalue weighted by atomic mass is 16.6. The smallest absolute Gasteiger partial charge is 0.303 e. The van der Waals surface area contributed by atoms with Crippen molar-refractivity contribution in [2.75, 3.05) is 159 Å². The molecule has 1 aromatic carbocycles. The third-order valence-corrected chi connectivity index (χ3v) is 8.31. The molecule has 0 fully saturated rings. The lowest BCUT2D eigenvalue weighted by Crippen LogP contribution is -2.25. The molecule has 0 saturated heterocycles. The predicted octanol–water partition coefficient (Wildman–Crippen LogP) is 4.52. The lowest BCUT2D eigenvalue weighted by Gasteiger charge is -2.09.